The summed E-state index contributed by atoms with van der Waals surface area (Å²) in [6, 6.07) is 10.8. The normalized spacial score (nSPS) is 15.3. The summed E-state index contributed by atoms with van der Waals surface area (Å²) in [4.78, 5) is 0.304. The molecule has 128 valence electrons. The SMILES string of the molecule is COc1ccc2cc(S(=O)(=O)NCCC3=CCCCC3)ccc2c1. The molecule has 24 heavy (non-hydrogen) atoms. The number of fused-ring (bicyclic) bond motifs is 1. The third-order valence-electron chi connectivity index (χ3n) is 4.45. The summed E-state index contributed by atoms with van der Waals surface area (Å²) in [5.41, 5.74) is 1.37. The van der Waals surface area contributed by atoms with Crippen molar-refractivity contribution in [3.63, 3.8) is 0 Å². The topological polar surface area (TPSA) is 55.4 Å². The number of allylic oxidation sites excluding steroid dienone is 1. The van der Waals surface area contributed by atoms with E-state index in [-0.39, 0.29) is 0 Å². The number of hydrogen-bond donors (Lipinski definition) is 1. The molecule has 0 heterocycles. The molecule has 0 atom stereocenters. The first-order chi connectivity index (χ1) is 11.6. The van der Waals surface area contributed by atoms with E-state index < -0.39 is 10.0 Å². The summed E-state index contributed by atoms with van der Waals surface area (Å²) >= 11 is 0. The summed E-state index contributed by atoms with van der Waals surface area (Å²) in [5.74, 6) is 0.761. The van der Waals surface area contributed by atoms with Gasteiger partial charge in [0.05, 0.1) is 12.0 Å². The van der Waals surface area contributed by atoms with Crippen molar-refractivity contribution >= 4 is 20.8 Å². The zero-order valence-electron chi connectivity index (χ0n) is 13.9. The van der Waals surface area contributed by atoms with Crippen molar-refractivity contribution in [2.45, 2.75) is 37.0 Å². The number of rotatable bonds is 6. The lowest BCUT2D eigenvalue weighted by molar-refractivity contribution is 0.415. The molecule has 0 aliphatic heterocycles. The Morgan fingerprint density at radius 2 is 1.88 bits per heavy atom. The van der Waals surface area contributed by atoms with Crippen molar-refractivity contribution in [3.8, 4) is 5.75 Å². The van der Waals surface area contributed by atoms with Crippen LogP contribution in [0.25, 0.3) is 10.8 Å². The van der Waals surface area contributed by atoms with Gasteiger partial charge in [-0.25, -0.2) is 13.1 Å². The van der Waals surface area contributed by atoms with Crippen molar-refractivity contribution < 1.29 is 13.2 Å². The quantitative estimate of drug-likeness (QED) is 0.805. The highest BCUT2D eigenvalue weighted by Crippen LogP contribution is 2.24. The molecular weight excluding hydrogens is 322 g/mol. The molecule has 0 radical (unpaired) electrons. The van der Waals surface area contributed by atoms with Gasteiger partial charge in [-0.15, -0.1) is 0 Å². The number of hydrogen-bond acceptors (Lipinski definition) is 3. The van der Waals surface area contributed by atoms with Gasteiger partial charge in [0.15, 0.2) is 0 Å². The molecule has 0 unspecified atom stereocenters. The van der Waals surface area contributed by atoms with Crippen LogP contribution in [0.2, 0.25) is 0 Å². The minimum absolute atomic E-state index is 0.304. The number of ether oxygens (including phenoxy) is 1. The lowest BCUT2D eigenvalue weighted by Crippen LogP contribution is -2.25. The second kappa shape index (κ2) is 7.36. The first-order valence-corrected chi connectivity index (χ1v) is 9.82. The van der Waals surface area contributed by atoms with Gasteiger partial charge in [-0.05, 0) is 67.1 Å². The Bertz CT molecular complexity index is 856. The number of sulfonamides is 1. The van der Waals surface area contributed by atoms with Gasteiger partial charge in [-0.2, -0.15) is 0 Å². The summed E-state index contributed by atoms with van der Waals surface area (Å²) in [6.07, 6.45) is 7.73. The van der Waals surface area contributed by atoms with Gasteiger partial charge >= 0.3 is 0 Å². The average molecular weight is 345 g/mol. The standard InChI is InChI=1S/C19H23NO3S/c1-23-18-9-7-17-14-19(10-8-16(17)13-18)24(21,22)20-12-11-15-5-3-2-4-6-15/h5,7-10,13-14,20H,2-4,6,11-12H2,1H3. The van der Waals surface area contributed by atoms with Crippen molar-refractivity contribution in [2.75, 3.05) is 13.7 Å². The third-order valence-corrected chi connectivity index (χ3v) is 5.91. The van der Waals surface area contributed by atoms with E-state index in [0.29, 0.717) is 11.4 Å². The van der Waals surface area contributed by atoms with Crippen LogP contribution in [-0.4, -0.2) is 22.1 Å². The van der Waals surface area contributed by atoms with Crippen molar-refractivity contribution in [2.24, 2.45) is 0 Å². The van der Waals surface area contributed by atoms with Gasteiger partial charge in [0.2, 0.25) is 10.0 Å². The Labute approximate surface area is 143 Å². The minimum atomic E-state index is -3.48. The molecule has 2 aromatic rings. The Morgan fingerprint density at radius 3 is 2.62 bits per heavy atom. The van der Waals surface area contributed by atoms with Gasteiger partial charge in [-0.1, -0.05) is 23.8 Å². The fraction of sp³-hybridized carbons (Fsp3) is 0.368. The molecule has 0 saturated heterocycles. The van der Waals surface area contributed by atoms with E-state index in [1.807, 2.05) is 24.3 Å². The molecular formula is C19H23NO3S. The highest BCUT2D eigenvalue weighted by molar-refractivity contribution is 7.89. The predicted octanol–water partition coefficient (Wildman–Crippen LogP) is 4.02. The maximum absolute atomic E-state index is 12.5. The second-order valence-corrected chi connectivity index (χ2v) is 7.90. The van der Waals surface area contributed by atoms with Crippen LogP contribution >= 0.6 is 0 Å². The Hall–Kier alpha value is -1.85. The largest absolute Gasteiger partial charge is 0.497 e. The van der Waals surface area contributed by atoms with E-state index in [2.05, 4.69) is 10.8 Å². The molecule has 1 aliphatic carbocycles. The Balaban J connectivity index is 1.71. The molecule has 3 rings (SSSR count). The van der Waals surface area contributed by atoms with E-state index in [1.54, 1.807) is 19.2 Å². The van der Waals surface area contributed by atoms with Crippen LogP contribution in [0.1, 0.15) is 32.1 Å². The first-order valence-electron chi connectivity index (χ1n) is 8.34. The first kappa shape index (κ1) is 17.0. The minimum Gasteiger partial charge on any atom is -0.497 e. The average Bonchev–Trinajstić information content (AvgIpc) is 2.61. The molecule has 4 nitrogen and oxygen atoms in total. The van der Waals surface area contributed by atoms with Crippen LogP contribution in [0, 0.1) is 0 Å². The molecule has 1 N–H and O–H groups in total. The van der Waals surface area contributed by atoms with Gasteiger partial charge in [0.25, 0.3) is 0 Å². The third kappa shape index (κ3) is 3.97. The summed E-state index contributed by atoms with van der Waals surface area (Å²) in [5, 5.41) is 1.84. The van der Waals surface area contributed by atoms with E-state index >= 15 is 0 Å². The summed E-state index contributed by atoms with van der Waals surface area (Å²) < 4.78 is 32.9. The maximum atomic E-state index is 12.5. The van der Waals surface area contributed by atoms with E-state index in [1.165, 1.54) is 18.4 Å². The molecule has 0 aromatic heterocycles. The monoisotopic (exact) mass is 345 g/mol. The predicted molar refractivity (Wildman–Crippen MR) is 96.9 cm³/mol. The lowest BCUT2D eigenvalue weighted by atomic mass is 9.97. The van der Waals surface area contributed by atoms with Crippen molar-refractivity contribution in [1.29, 1.82) is 0 Å². The smallest absolute Gasteiger partial charge is 0.240 e. The second-order valence-electron chi connectivity index (χ2n) is 6.13. The van der Waals surface area contributed by atoms with E-state index in [4.69, 9.17) is 4.74 Å². The molecule has 0 fully saturated rings. The Morgan fingerprint density at radius 1 is 1.08 bits per heavy atom. The zero-order valence-corrected chi connectivity index (χ0v) is 14.7. The molecule has 0 saturated carbocycles. The fourth-order valence-corrected chi connectivity index (χ4v) is 4.12. The van der Waals surface area contributed by atoms with Crippen LogP contribution in [0.3, 0.4) is 0 Å². The van der Waals surface area contributed by atoms with Crippen LogP contribution in [0.15, 0.2) is 52.9 Å². The van der Waals surface area contributed by atoms with Gasteiger partial charge in [-0.3, -0.25) is 0 Å². The van der Waals surface area contributed by atoms with Crippen LogP contribution in [0.5, 0.6) is 5.75 Å². The molecule has 5 heteroatoms. The van der Waals surface area contributed by atoms with Crippen LogP contribution in [0.4, 0.5) is 0 Å². The van der Waals surface area contributed by atoms with Gasteiger partial charge in [0, 0.05) is 6.54 Å². The lowest BCUT2D eigenvalue weighted by Gasteiger charge is -2.13. The summed E-state index contributed by atoms with van der Waals surface area (Å²) in [7, 11) is -1.86. The molecule has 1 aliphatic rings. The van der Waals surface area contributed by atoms with Crippen molar-refractivity contribution in [3.05, 3.63) is 48.0 Å². The van der Waals surface area contributed by atoms with E-state index in [0.717, 1.165) is 35.8 Å². The van der Waals surface area contributed by atoms with Gasteiger partial charge < -0.3 is 4.74 Å². The van der Waals surface area contributed by atoms with Crippen LogP contribution < -0.4 is 9.46 Å². The fourth-order valence-electron chi connectivity index (χ4n) is 3.06. The summed E-state index contributed by atoms with van der Waals surface area (Å²) in [6.45, 7) is 0.453. The Kier molecular flexibility index (Phi) is 5.21. The highest BCUT2D eigenvalue weighted by Gasteiger charge is 2.14. The number of nitrogens with one attached hydrogen (secondary N) is 1. The van der Waals surface area contributed by atoms with E-state index in [9.17, 15) is 8.42 Å². The molecule has 2 aromatic carbocycles. The number of benzene rings is 2. The number of methoxy groups -OCH3 is 1. The van der Waals surface area contributed by atoms with Crippen LogP contribution in [-0.2, 0) is 10.0 Å². The maximum Gasteiger partial charge on any atom is 0.240 e. The molecule has 0 bridgehead atoms. The zero-order chi connectivity index (χ0) is 17.0. The van der Waals surface area contributed by atoms with Gasteiger partial charge in [0.1, 0.15) is 5.75 Å². The molecule has 0 amide bonds. The highest BCUT2D eigenvalue weighted by atomic mass is 32.2. The van der Waals surface area contributed by atoms with Crippen molar-refractivity contribution in [1.82, 2.24) is 4.72 Å². The molecule has 0 spiro atoms.